The summed E-state index contributed by atoms with van der Waals surface area (Å²) in [5.74, 6) is 0. The maximum Gasteiger partial charge on any atom is 0.196 e. The molecule has 0 N–H and O–H groups in total. The number of nitrogens with zero attached hydrogens (tertiary/aromatic N) is 1. The van der Waals surface area contributed by atoms with Crippen molar-refractivity contribution in [1.82, 2.24) is 0 Å². The van der Waals surface area contributed by atoms with Crippen LogP contribution >= 0.6 is 0 Å². The van der Waals surface area contributed by atoms with E-state index in [9.17, 15) is 0 Å². The van der Waals surface area contributed by atoms with Crippen molar-refractivity contribution in [1.29, 1.82) is 0 Å². The normalized spacial score (nSPS) is 14.4. The van der Waals surface area contributed by atoms with Crippen molar-refractivity contribution in [2.75, 3.05) is 34.2 Å². The van der Waals surface area contributed by atoms with Crippen LogP contribution in [-0.2, 0) is 14.2 Å². The first-order valence-electron chi connectivity index (χ1n) is 11.6. The van der Waals surface area contributed by atoms with Crippen LogP contribution in [-0.4, -0.2) is 51.0 Å². The summed E-state index contributed by atoms with van der Waals surface area (Å²) in [6, 6.07) is 0. The zero-order chi connectivity index (χ0) is 20.4. The van der Waals surface area contributed by atoms with Crippen LogP contribution in [0, 0.1) is 0 Å². The zero-order valence-corrected chi connectivity index (χ0v) is 19.4. The lowest BCUT2D eigenvalue weighted by Crippen LogP contribution is -2.51. The average Bonchev–Trinajstić information content (AvgIpc) is 2.64. The summed E-state index contributed by atoms with van der Waals surface area (Å²) < 4.78 is 18.6. The molecule has 0 aromatic rings. The first-order chi connectivity index (χ1) is 13.0. The molecule has 0 aliphatic carbocycles. The highest BCUT2D eigenvalue weighted by Gasteiger charge is 2.27. The molecule has 0 amide bonds. The van der Waals surface area contributed by atoms with E-state index in [1.807, 2.05) is 0 Å². The summed E-state index contributed by atoms with van der Waals surface area (Å²) in [4.78, 5) is 0. The molecule has 164 valence electrons. The van der Waals surface area contributed by atoms with Crippen molar-refractivity contribution in [3.8, 4) is 0 Å². The van der Waals surface area contributed by atoms with E-state index in [2.05, 4.69) is 41.8 Å². The van der Waals surface area contributed by atoms with Gasteiger partial charge in [-0.05, 0) is 19.8 Å². The third kappa shape index (κ3) is 15.4. The highest BCUT2D eigenvalue weighted by Crippen LogP contribution is 2.14. The van der Waals surface area contributed by atoms with E-state index in [1.165, 1.54) is 64.2 Å². The lowest BCUT2D eigenvalue weighted by Gasteiger charge is -2.36. The quantitative estimate of drug-likeness (QED) is 0.136. The Morgan fingerprint density at radius 1 is 0.741 bits per heavy atom. The molecule has 0 fully saturated rings. The molecule has 0 bridgehead atoms. The van der Waals surface area contributed by atoms with Gasteiger partial charge in [-0.15, -0.1) is 0 Å². The van der Waals surface area contributed by atoms with Crippen LogP contribution in [0.1, 0.15) is 105 Å². The molecule has 0 aliphatic rings. The topological polar surface area (TPSA) is 27.7 Å². The van der Waals surface area contributed by atoms with E-state index in [0.717, 1.165) is 23.9 Å². The Morgan fingerprint density at radius 3 is 1.96 bits per heavy atom. The van der Waals surface area contributed by atoms with Crippen LogP contribution in [0.5, 0.6) is 0 Å². The van der Waals surface area contributed by atoms with Gasteiger partial charge in [-0.25, -0.2) is 0 Å². The van der Waals surface area contributed by atoms with Gasteiger partial charge >= 0.3 is 0 Å². The number of hydrogen-bond donors (Lipinski definition) is 0. The van der Waals surface area contributed by atoms with E-state index in [4.69, 9.17) is 14.2 Å². The predicted octanol–water partition coefficient (Wildman–Crippen LogP) is 6.48. The minimum absolute atomic E-state index is 0.113. The first-order valence-corrected chi connectivity index (χ1v) is 11.6. The van der Waals surface area contributed by atoms with E-state index in [0.29, 0.717) is 13.5 Å². The van der Waals surface area contributed by atoms with Gasteiger partial charge in [0.05, 0.1) is 26.8 Å². The number of unbranched alkanes of at least 4 members (excludes halogenated alkanes) is 8. The Kier molecular flexibility index (Phi) is 17.8. The van der Waals surface area contributed by atoms with E-state index in [-0.39, 0.29) is 12.3 Å². The van der Waals surface area contributed by atoms with Crippen LogP contribution in [0.2, 0.25) is 0 Å². The maximum absolute atomic E-state index is 6.05. The standard InChI is InChI=1S/C23H50NO3/c1-7-10-12-14-15-17-19-25-20-24(5,6)23(9-3)27-21-26-22(4)18-16-13-11-8-2/h22-23H,7-21H2,1-6H3/q+1. The van der Waals surface area contributed by atoms with Crippen LogP contribution in [0.25, 0.3) is 0 Å². The van der Waals surface area contributed by atoms with Gasteiger partial charge in [0.1, 0.15) is 0 Å². The number of ether oxygens (including phenoxy) is 3. The van der Waals surface area contributed by atoms with Crippen LogP contribution in [0.15, 0.2) is 0 Å². The minimum Gasteiger partial charge on any atom is -0.352 e. The molecule has 0 aromatic carbocycles. The van der Waals surface area contributed by atoms with Gasteiger partial charge in [0.15, 0.2) is 19.8 Å². The molecular formula is C23H50NO3+. The maximum atomic E-state index is 6.05. The summed E-state index contributed by atoms with van der Waals surface area (Å²) in [6.07, 6.45) is 15.5. The monoisotopic (exact) mass is 388 g/mol. The third-order valence-corrected chi connectivity index (χ3v) is 5.27. The van der Waals surface area contributed by atoms with Crippen LogP contribution < -0.4 is 0 Å². The second-order valence-corrected chi connectivity index (χ2v) is 8.56. The fraction of sp³-hybridized carbons (Fsp3) is 1.00. The van der Waals surface area contributed by atoms with Crippen molar-refractivity contribution in [2.45, 2.75) is 117 Å². The molecule has 0 rings (SSSR count). The highest BCUT2D eigenvalue weighted by molar-refractivity contribution is 4.50. The molecule has 2 unspecified atom stereocenters. The molecule has 4 heteroatoms. The summed E-state index contributed by atoms with van der Waals surface area (Å²) in [5.41, 5.74) is 0. The Hall–Kier alpha value is -0.160. The molecule has 0 radical (unpaired) electrons. The van der Waals surface area contributed by atoms with Crippen molar-refractivity contribution < 1.29 is 18.7 Å². The Balaban J connectivity index is 3.87. The lowest BCUT2D eigenvalue weighted by atomic mass is 10.1. The molecule has 0 aliphatic heterocycles. The summed E-state index contributed by atoms with van der Waals surface area (Å²) in [7, 11) is 4.37. The second-order valence-electron chi connectivity index (χ2n) is 8.56. The van der Waals surface area contributed by atoms with Crippen LogP contribution in [0.4, 0.5) is 0 Å². The van der Waals surface area contributed by atoms with Crippen molar-refractivity contribution >= 4 is 0 Å². The molecular weight excluding hydrogens is 338 g/mol. The minimum atomic E-state index is 0.113. The van der Waals surface area contributed by atoms with Crippen molar-refractivity contribution in [3.63, 3.8) is 0 Å². The van der Waals surface area contributed by atoms with Crippen molar-refractivity contribution in [3.05, 3.63) is 0 Å². The molecule has 0 saturated heterocycles. The van der Waals surface area contributed by atoms with Gasteiger partial charge in [0.2, 0.25) is 0 Å². The summed E-state index contributed by atoms with van der Waals surface area (Å²) in [6.45, 7) is 10.8. The Morgan fingerprint density at radius 2 is 1.33 bits per heavy atom. The summed E-state index contributed by atoms with van der Waals surface area (Å²) in [5, 5.41) is 0. The Bertz CT molecular complexity index is 310. The second kappa shape index (κ2) is 17.9. The van der Waals surface area contributed by atoms with Gasteiger partial charge < -0.3 is 14.2 Å². The number of rotatable bonds is 20. The fourth-order valence-corrected chi connectivity index (χ4v) is 3.36. The molecule has 0 heterocycles. The molecule has 0 saturated carbocycles. The van der Waals surface area contributed by atoms with Gasteiger partial charge in [-0.3, -0.25) is 4.48 Å². The highest BCUT2D eigenvalue weighted by atomic mass is 16.7. The van der Waals surface area contributed by atoms with Crippen molar-refractivity contribution in [2.24, 2.45) is 0 Å². The third-order valence-electron chi connectivity index (χ3n) is 5.27. The number of hydrogen-bond acceptors (Lipinski definition) is 3. The molecule has 0 aromatic heterocycles. The Labute approximate surface area is 170 Å². The largest absolute Gasteiger partial charge is 0.352 e. The first kappa shape index (κ1) is 26.8. The average molecular weight is 389 g/mol. The predicted molar refractivity (Wildman–Crippen MR) is 116 cm³/mol. The molecule has 27 heavy (non-hydrogen) atoms. The SMILES string of the molecule is CCCCCCCCOC[N+](C)(C)C(CC)OCOC(C)CCCCCC. The van der Waals surface area contributed by atoms with Gasteiger partial charge in [-0.1, -0.05) is 78.6 Å². The van der Waals surface area contributed by atoms with Gasteiger partial charge in [0, 0.05) is 6.42 Å². The van der Waals surface area contributed by atoms with Crippen LogP contribution in [0.3, 0.4) is 0 Å². The van der Waals surface area contributed by atoms with E-state index in [1.54, 1.807) is 0 Å². The summed E-state index contributed by atoms with van der Waals surface area (Å²) >= 11 is 0. The lowest BCUT2D eigenvalue weighted by molar-refractivity contribution is -0.955. The molecule has 4 nitrogen and oxygen atoms in total. The zero-order valence-electron chi connectivity index (χ0n) is 19.4. The van der Waals surface area contributed by atoms with Gasteiger partial charge in [-0.2, -0.15) is 0 Å². The smallest absolute Gasteiger partial charge is 0.196 e. The number of quaternary nitrogens is 1. The van der Waals surface area contributed by atoms with E-state index < -0.39 is 0 Å². The fourth-order valence-electron chi connectivity index (χ4n) is 3.36. The molecule has 0 spiro atoms. The van der Waals surface area contributed by atoms with Gasteiger partial charge in [0.25, 0.3) is 0 Å². The van der Waals surface area contributed by atoms with E-state index >= 15 is 0 Å². The molecule has 2 atom stereocenters.